The van der Waals surface area contributed by atoms with E-state index < -0.39 is 0 Å². The summed E-state index contributed by atoms with van der Waals surface area (Å²) in [7, 11) is 0. The fourth-order valence-electron chi connectivity index (χ4n) is 8.65. The summed E-state index contributed by atoms with van der Waals surface area (Å²) < 4.78 is 0. The Kier molecular flexibility index (Phi) is 16.6. The lowest BCUT2D eigenvalue weighted by Gasteiger charge is -2.57. The zero-order valence-corrected chi connectivity index (χ0v) is 27.9. The standard InChI is InChI=1S/C38H70N2/c1-6-8-10-12-14-16-22-39(24-21-33(5)20-18-19-32(3)4)25-26-40(23-17-15-13-11-9-7-2)38-36-28-34-27-35(30-36)31-37(38)29-34/h19,21,34-38H,6-18,20,22-31H2,1-5H3/b33-21+. The third-order valence-electron chi connectivity index (χ3n) is 10.7. The molecule has 0 aromatic heterocycles. The summed E-state index contributed by atoms with van der Waals surface area (Å²) in [5.74, 6) is 4.19. The van der Waals surface area contributed by atoms with Crippen LogP contribution in [0.1, 0.15) is 157 Å². The smallest absolute Gasteiger partial charge is 0.0166 e. The maximum atomic E-state index is 3.06. The van der Waals surface area contributed by atoms with Crippen molar-refractivity contribution < 1.29 is 0 Å². The first kappa shape index (κ1) is 33.9. The van der Waals surface area contributed by atoms with Crippen molar-refractivity contribution >= 4 is 0 Å². The highest BCUT2D eigenvalue weighted by Crippen LogP contribution is 2.55. The lowest BCUT2D eigenvalue weighted by atomic mass is 9.54. The Morgan fingerprint density at radius 2 is 1.15 bits per heavy atom. The molecule has 4 aliphatic rings. The van der Waals surface area contributed by atoms with Gasteiger partial charge >= 0.3 is 0 Å². The summed E-state index contributed by atoms with van der Waals surface area (Å²) in [5, 5.41) is 0. The molecule has 2 heteroatoms. The summed E-state index contributed by atoms with van der Waals surface area (Å²) in [6, 6.07) is 0.903. The maximum absolute atomic E-state index is 3.06. The molecule has 4 saturated carbocycles. The Labute approximate surface area is 251 Å². The zero-order valence-electron chi connectivity index (χ0n) is 27.9. The molecule has 0 unspecified atom stereocenters. The molecule has 0 aliphatic heterocycles. The number of allylic oxidation sites excluding steroid dienone is 3. The Hall–Kier alpha value is -0.600. The van der Waals surface area contributed by atoms with Crippen molar-refractivity contribution in [1.29, 1.82) is 0 Å². The third-order valence-corrected chi connectivity index (χ3v) is 10.7. The van der Waals surface area contributed by atoms with Gasteiger partial charge in [-0.05, 0) is 115 Å². The van der Waals surface area contributed by atoms with Gasteiger partial charge in [-0.15, -0.1) is 0 Å². The molecule has 4 bridgehead atoms. The van der Waals surface area contributed by atoms with Gasteiger partial charge in [0.05, 0.1) is 0 Å². The largest absolute Gasteiger partial charge is 0.299 e. The average Bonchev–Trinajstić information content (AvgIpc) is 2.92. The van der Waals surface area contributed by atoms with Gasteiger partial charge < -0.3 is 0 Å². The number of nitrogens with zero attached hydrogens (tertiary/aromatic N) is 2. The van der Waals surface area contributed by atoms with Crippen LogP contribution >= 0.6 is 0 Å². The molecule has 2 nitrogen and oxygen atoms in total. The summed E-state index contributed by atoms with van der Waals surface area (Å²) in [6.07, 6.45) is 32.1. The van der Waals surface area contributed by atoms with Crippen molar-refractivity contribution in [3.05, 3.63) is 23.3 Å². The molecule has 232 valence electrons. The van der Waals surface area contributed by atoms with Crippen LogP contribution in [0.5, 0.6) is 0 Å². The van der Waals surface area contributed by atoms with Crippen molar-refractivity contribution in [2.45, 2.75) is 163 Å². The van der Waals surface area contributed by atoms with Crippen LogP contribution in [0.25, 0.3) is 0 Å². The SMILES string of the molecule is CCCCCCCCN(C/C=C(\C)CCC=C(C)C)CCN(CCCCCCCC)C1C2CC3CC(C2)CC1C3. The third kappa shape index (κ3) is 12.3. The van der Waals surface area contributed by atoms with Crippen LogP contribution in [0.3, 0.4) is 0 Å². The molecule has 0 radical (unpaired) electrons. The first-order chi connectivity index (χ1) is 19.5. The molecule has 4 aliphatic carbocycles. The highest BCUT2D eigenvalue weighted by molar-refractivity contribution is 5.04. The van der Waals surface area contributed by atoms with Crippen LogP contribution in [0.2, 0.25) is 0 Å². The fourth-order valence-corrected chi connectivity index (χ4v) is 8.65. The predicted octanol–water partition coefficient (Wildman–Crippen LogP) is 10.8. The first-order valence-electron chi connectivity index (χ1n) is 18.3. The molecule has 0 heterocycles. The molecular formula is C38H70N2. The molecule has 0 atom stereocenters. The number of hydrogen-bond acceptors (Lipinski definition) is 2. The van der Waals surface area contributed by atoms with E-state index in [0.29, 0.717) is 0 Å². The normalized spacial score (nSPS) is 25.9. The van der Waals surface area contributed by atoms with Crippen LogP contribution in [0, 0.1) is 23.7 Å². The fraction of sp³-hybridized carbons (Fsp3) is 0.895. The summed E-state index contributed by atoms with van der Waals surface area (Å²) in [5.41, 5.74) is 3.03. The number of rotatable bonds is 23. The molecule has 0 N–H and O–H groups in total. The lowest BCUT2D eigenvalue weighted by molar-refractivity contribution is -0.0672. The van der Waals surface area contributed by atoms with E-state index in [1.54, 1.807) is 37.7 Å². The van der Waals surface area contributed by atoms with E-state index in [1.807, 2.05) is 0 Å². The minimum Gasteiger partial charge on any atom is -0.299 e. The van der Waals surface area contributed by atoms with Crippen molar-refractivity contribution in [1.82, 2.24) is 9.80 Å². The van der Waals surface area contributed by atoms with Crippen molar-refractivity contribution in [3.63, 3.8) is 0 Å². The van der Waals surface area contributed by atoms with Crippen LogP contribution in [-0.2, 0) is 0 Å². The van der Waals surface area contributed by atoms with Gasteiger partial charge in [-0.2, -0.15) is 0 Å². The van der Waals surface area contributed by atoms with Gasteiger partial charge in [-0.3, -0.25) is 9.80 Å². The lowest BCUT2D eigenvalue weighted by Crippen LogP contribution is -2.57. The van der Waals surface area contributed by atoms with E-state index in [4.69, 9.17) is 0 Å². The number of unbranched alkanes of at least 4 members (excludes halogenated alkanes) is 10. The van der Waals surface area contributed by atoms with Gasteiger partial charge in [0.2, 0.25) is 0 Å². The molecule has 0 amide bonds. The molecule has 0 saturated heterocycles. The van der Waals surface area contributed by atoms with Gasteiger partial charge in [0.25, 0.3) is 0 Å². The Morgan fingerprint density at radius 1 is 0.600 bits per heavy atom. The minimum atomic E-state index is 0.903. The van der Waals surface area contributed by atoms with Gasteiger partial charge in [0.1, 0.15) is 0 Å². The van der Waals surface area contributed by atoms with E-state index in [2.05, 4.69) is 56.6 Å². The van der Waals surface area contributed by atoms with Gasteiger partial charge in [0.15, 0.2) is 0 Å². The van der Waals surface area contributed by atoms with E-state index in [-0.39, 0.29) is 0 Å². The van der Waals surface area contributed by atoms with Crippen LogP contribution in [-0.4, -0.2) is 48.6 Å². The molecule has 0 spiro atoms. The van der Waals surface area contributed by atoms with Gasteiger partial charge in [-0.25, -0.2) is 0 Å². The quantitative estimate of drug-likeness (QED) is 0.0915. The van der Waals surface area contributed by atoms with E-state index in [0.717, 1.165) is 36.3 Å². The van der Waals surface area contributed by atoms with Crippen LogP contribution in [0.15, 0.2) is 23.3 Å². The maximum Gasteiger partial charge on any atom is 0.0166 e. The monoisotopic (exact) mass is 555 g/mol. The first-order valence-corrected chi connectivity index (χ1v) is 18.3. The minimum absolute atomic E-state index is 0.903. The predicted molar refractivity (Wildman–Crippen MR) is 178 cm³/mol. The van der Waals surface area contributed by atoms with Crippen molar-refractivity contribution in [2.24, 2.45) is 23.7 Å². The summed E-state index contributed by atoms with van der Waals surface area (Å²) in [6.45, 7) is 17.9. The average molecular weight is 555 g/mol. The summed E-state index contributed by atoms with van der Waals surface area (Å²) in [4.78, 5) is 5.89. The topological polar surface area (TPSA) is 6.48 Å². The second kappa shape index (κ2) is 19.6. The van der Waals surface area contributed by atoms with Crippen molar-refractivity contribution in [2.75, 3.05) is 32.7 Å². The van der Waals surface area contributed by atoms with Gasteiger partial charge in [0, 0.05) is 25.7 Å². The zero-order chi connectivity index (χ0) is 28.6. The molecule has 0 aromatic rings. The molecule has 4 rings (SSSR count). The number of hydrogen-bond donors (Lipinski definition) is 0. The second-order valence-corrected chi connectivity index (χ2v) is 14.7. The highest BCUT2D eigenvalue weighted by atomic mass is 15.2. The Balaban J connectivity index is 1.57. The van der Waals surface area contributed by atoms with E-state index >= 15 is 0 Å². The van der Waals surface area contributed by atoms with E-state index in [1.165, 1.54) is 122 Å². The molecule has 40 heavy (non-hydrogen) atoms. The highest BCUT2D eigenvalue weighted by Gasteiger charge is 2.49. The van der Waals surface area contributed by atoms with E-state index in [9.17, 15) is 0 Å². The van der Waals surface area contributed by atoms with Gasteiger partial charge in [-0.1, -0.05) is 101 Å². The second-order valence-electron chi connectivity index (χ2n) is 14.7. The molecule has 0 aromatic carbocycles. The summed E-state index contributed by atoms with van der Waals surface area (Å²) >= 11 is 0. The Morgan fingerprint density at radius 3 is 1.73 bits per heavy atom. The van der Waals surface area contributed by atoms with Crippen LogP contribution in [0.4, 0.5) is 0 Å². The molecular weight excluding hydrogens is 484 g/mol. The van der Waals surface area contributed by atoms with Crippen LogP contribution < -0.4 is 0 Å². The van der Waals surface area contributed by atoms with Crippen molar-refractivity contribution in [3.8, 4) is 0 Å². The molecule has 4 fully saturated rings. The Bertz CT molecular complexity index is 689.